The molecule has 1 aromatic carbocycles. The second-order valence-corrected chi connectivity index (χ2v) is 9.16. The molecule has 27 heavy (non-hydrogen) atoms. The summed E-state index contributed by atoms with van der Waals surface area (Å²) < 4.78 is 25.5. The molecule has 1 fully saturated rings. The van der Waals surface area contributed by atoms with Crippen molar-refractivity contribution in [3.8, 4) is 6.07 Å². The van der Waals surface area contributed by atoms with Crippen molar-refractivity contribution in [1.29, 1.82) is 5.26 Å². The van der Waals surface area contributed by atoms with Gasteiger partial charge in [-0.2, -0.15) is 5.26 Å². The average molecular weight is 386 g/mol. The fourth-order valence-electron chi connectivity index (χ4n) is 3.20. The number of aromatic nitrogens is 2. The lowest BCUT2D eigenvalue weighted by molar-refractivity contribution is 0.158. The van der Waals surface area contributed by atoms with E-state index in [-0.39, 0.29) is 22.9 Å². The normalized spacial score (nSPS) is 20.0. The number of sulfone groups is 1. The van der Waals surface area contributed by atoms with Crippen molar-refractivity contribution in [1.82, 2.24) is 10.2 Å². The lowest BCUT2D eigenvalue weighted by Gasteiger charge is -2.16. The van der Waals surface area contributed by atoms with E-state index in [9.17, 15) is 13.5 Å². The molecule has 1 aliphatic rings. The Kier molecular flexibility index (Phi) is 5.44. The summed E-state index contributed by atoms with van der Waals surface area (Å²) in [6.45, 7) is 4.76. The van der Waals surface area contributed by atoms with Gasteiger partial charge in [-0.3, -0.25) is 0 Å². The van der Waals surface area contributed by atoms with Crippen molar-refractivity contribution in [2.75, 3.05) is 23.7 Å². The second-order valence-electron chi connectivity index (χ2n) is 7.13. The zero-order valence-electron chi connectivity index (χ0n) is 15.3. The number of rotatable bonds is 5. The van der Waals surface area contributed by atoms with Crippen LogP contribution < -0.4 is 4.90 Å². The summed E-state index contributed by atoms with van der Waals surface area (Å²) in [4.78, 5) is 2.07. The number of nitriles is 1. The Labute approximate surface area is 159 Å². The van der Waals surface area contributed by atoms with E-state index in [1.165, 1.54) is 0 Å². The molecule has 1 N–H and O–H groups in total. The topological polar surface area (TPSA) is 107 Å². The molecule has 2 heterocycles. The van der Waals surface area contributed by atoms with Crippen molar-refractivity contribution >= 4 is 15.7 Å². The Balaban J connectivity index is 1.71. The number of benzene rings is 1. The summed E-state index contributed by atoms with van der Waals surface area (Å²) in [7, 11) is -3.50. The van der Waals surface area contributed by atoms with Crippen LogP contribution in [0.1, 0.15) is 31.0 Å². The van der Waals surface area contributed by atoms with Crippen LogP contribution in [0.2, 0.25) is 0 Å². The molecule has 1 saturated heterocycles. The van der Waals surface area contributed by atoms with E-state index >= 15 is 0 Å². The van der Waals surface area contributed by atoms with E-state index in [2.05, 4.69) is 24.0 Å². The number of aliphatic hydroxyl groups excluding tert-OH is 1. The van der Waals surface area contributed by atoms with Crippen molar-refractivity contribution in [2.45, 2.75) is 30.8 Å². The third-order valence-electron chi connectivity index (χ3n) is 4.83. The van der Waals surface area contributed by atoms with Crippen LogP contribution in [0.4, 0.5) is 5.82 Å². The minimum Gasteiger partial charge on any atom is -0.391 e. The Bertz CT molecular complexity index is 934. The molecule has 3 rings (SSSR count). The molecule has 142 valence electrons. The highest BCUT2D eigenvalue weighted by Gasteiger charge is 2.35. The predicted molar refractivity (Wildman–Crippen MR) is 101 cm³/mol. The van der Waals surface area contributed by atoms with Gasteiger partial charge in [-0.1, -0.05) is 26.0 Å². The van der Waals surface area contributed by atoms with Gasteiger partial charge in [0.2, 0.25) is 0 Å². The molecule has 0 saturated carbocycles. The van der Waals surface area contributed by atoms with Gasteiger partial charge in [-0.25, -0.2) is 8.42 Å². The Morgan fingerprint density at radius 1 is 1.19 bits per heavy atom. The quantitative estimate of drug-likeness (QED) is 0.834. The molecule has 0 bridgehead atoms. The summed E-state index contributed by atoms with van der Waals surface area (Å²) in [5.74, 6) is 0.307. The molecule has 8 heteroatoms. The van der Waals surface area contributed by atoms with Gasteiger partial charge in [-0.15, -0.1) is 10.2 Å². The van der Waals surface area contributed by atoms with Gasteiger partial charge in [-0.05, 0) is 35.7 Å². The molecule has 1 aromatic heterocycles. The van der Waals surface area contributed by atoms with Gasteiger partial charge in [0.25, 0.3) is 0 Å². The van der Waals surface area contributed by atoms with Crippen LogP contribution >= 0.6 is 0 Å². The van der Waals surface area contributed by atoms with Gasteiger partial charge in [0.05, 0.1) is 16.8 Å². The van der Waals surface area contributed by atoms with E-state index in [4.69, 9.17) is 5.26 Å². The molecule has 7 nitrogen and oxygen atoms in total. The third kappa shape index (κ3) is 4.26. The summed E-state index contributed by atoms with van der Waals surface area (Å²) >= 11 is 0. The number of hydrogen-bond acceptors (Lipinski definition) is 7. The van der Waals surface area contributed by atoms with E-state index < -0.39 is 21.9 Å². The van der Waals surface area contributed by atoms with Gasteiger partial charge in [0, 0.05) is 19.0 Å². The van der Waals surface area contributed by atoms with Crippen molar-refractivity contribution < 1.29 is 13.5 Å². The molecule has 2 atom stereocenters. The highest BCUT2D eigenvalue weighted by atomic mass is 32.2. The molecular formula is C19H22N4O3S. The van der Waals surface area contributed by atoms with E-state index in [0.29, 0.717) is 18.3 Å². The monoisotopic (exact) mass is 386 g/mol. The maximum absolute atomic E-state index is 12.7. The average Bonchev–Trinajstić information content (AvgIpc) is 3.01. The highest BCUT2D eigenvalue weighted by molar-refractivity contribution is 7.91. The van der Waals surface area contributed by atoms with Crippen LogP contribution in [0.5, 0.6) is 0 Å². The van der Waals surface area contributed by atoms with Crippen LogP contribution in [0.25, 0.3) is 0 Å². The van der Waals surface area contributed by atoms with E-state index in [0.717, 1.165) is 5.56 Å². The van der Waals surface area contributed by atoms with Gasteiger partial charge < -0.3 is 10.0 Å². The van der Waals surface area contributed by atoms with Gasteiger partial charge in [0.15, 0.2) is 21.3 Å². The van der Waals surface area contributed by atoms with Crippen molar-refractivity contribution in [3.63, 3.8) is 0 Å². The maximum Gasteiger partial charge on any atom is 0.178 e. The second kappa shape index (κ2) is 7.62. The van der Waals surface area contributed by atoms with Crippen LogP contribution in [-0.4, -0.2) is 48.7 Å². The Morgan fingerprint density at radius 3 is 2.44 bits per heavy atom. The number of anilines is 1. The maximum atomic E-state index is 12.7. The van der Waals surface area contributed by atoms with Gasteiger partial charge in [0.1, 0.15) is 6.07 Å². The molecule has 1 aliphatic heterocycles. The van der Waals surface area contributed by atoms with Crippen LogP contribution in [-0.2, 0) is 9.84 Å². The summed E-state index contributed by atoms with van der Waals surface area (Å²) in [6.07, 6.45) is -0.771. The molecule has 0 aliphatic carbocycles. The SMILES string of the molecule is CC(C)c1ccc(S(=O)(=O)CC2CN(c3ccc(C#N)nn3)C[C@H]2O)cc1. The zero-order chi connectivity index (χ0) is 19.6. The highest BCUT2D eigenvalue weighted by Crippen LogP contribution is 2.26. The number of aliphatic hydroxyl groups is 1. The van der Waals surface area contributed by atoms with Crippen molar-refractivity contribution in [2.24, 2.45) is 5.92 Å². The molecule has 0 spiro atoms. The first-order chi connectivity index (χ1) is 12.8. The molecule has 1 unspecified atom stereocenters. The summed E-state index contributed by atoms with van der Waals surface area (Å²) in [5.41, 5.74) is 1.29. The first-order valence-corrected chi connectivity index (χ1v) is 10.4. The van der Waals surface area contributed by atoms with E-state index in [1.54, 1.807) is 29.2 Å². The van der Waals surface area contributed by atoms with Crippen molar-refractivity contribution in [3.05, 3.63) is 47.7 Å². The fourth-order valence-corrected chi connectivity index (χ4v) is 4.83. The minimum absolute atomic E-state index is 0.130. The lowest BCUT2D eigenvalue weighted by Crippen LogP contribution is -2.26. The van der Waals surface area contributed by atoms with Crippen LogP contribution in [0, 0.1) is 17.2 Å². The summed E-state index contributed by atoms with van der Waals surface area (Å²) in [6, 6.07) is 12.0. The summed E-state index contributed by atoms with van der Waals surface area (Å²) in [5, 5.41) is 26.9. The first kappa shape index (κ1) is 19.3. The molecule has 2 aromatic rings. The standard InChI is InChI=1S/C19H22N4O3S/c1-13(2)14-3-6-17(7-4-14)27(25,26)12-15-10-23(11-18(15)24)19-8-5-16(9-20)21-22-19/h3-8,13,15,18,24H,10-12H2,1-2H3/t15?,18-/m1/s1. The fraction of sp³-hybridized carbons (Fsp3) is 0.421. The lowest BCUT2D eigenvalue weighted by atomic mass is 10.0. The van der Waals surface area contributed by atoms with Crippen LogP contribution in [0.3, 0.4) is 0 Å². The predicted octanol–water partition coefficient (Wildman–Crippen LogP) is 1.74. The zero-order valence-corrected chi connectivity index (χ0v) is 16.1. The number of nitrogens with zero attached hydrogens (tertiary/aromatic N) is 4. The molecule has 0 amide bonds. The largest absolute Gasteiger partial charge is 0.391 e. The first-order valence-electron chi connectivity index (χ1n) is 8.79. The van der Waals surface area contributed by atoms with Gasteiger partial charge >= 0.3 is 0 Å². The molecular weight excluding hydrogens is 364 g/mol. The Hall–Kier alpha value is -2.50. The van der Waals surface area contributed by atoms with Crippen LogP contribution in [0.15, 0.2) is 41.3 Å². The third-order valence-corrected chi connectivity index (χ3v) is 6.69. The van der Waals surface area contributed by atoms with E-state index in [1.807, 2.05) is 18.2 Å². The number of hydrogen-bond donors (Lipinski definition) is 1. The smallest absolute Gasteiger partial charge is 0.178 e. The minimum atomic E-state index is -3.50. The molecule has 0 radical (unpaired) electrons. The number of β-amino-alcohol motifs (C(OH)–C–C–N with tert-alkyl or cyclic N) is 1. The Morgan fingerprint density at radius 2 is 1.89 bits per heavy atom.